The molecule has 1 aliphatic heterocycles. The first kappa shape index (κ1) is 8.68. The Balaban J connectivity index is 2.19. The molecule has 0 amide bonds. The molecule has 15 heavy (non-hydrogen) atoms. The molecule has 0 aliphatic carbocycles. The minimum atomic E-state index is 0.774. The summed E-state index contributed by atoms with van der Waals surface area (Å²) in [5.41, 5.74) is 2.71. The van der Waals surface area contributed by atoms with E-state index in [0.717, 1.165) is 9.52 Å². The summed E-state index contributed by atoms with van der Waals surface area (Å²) in [7, 11) is 0.774. The van der Waals surface area contributed by atoms with E-state index in [2.05, 4.69) is 60.7 Å². The van der Waals surface area contributed by atoms with Crippen LogP contribution in [-0.4, -0.2) is 9.52 Å². The van der Waals surface area contributed by atoms with E-state index in [4.69, 9.17) is 0 Å². The molecule has 1 aliphatic rings. The van der Waals surface area contributed by atoms with Crippen molar-refractivity contribution in [3.05, 3.63) is 59.7 Å². The van der Waals surface area contributed by atoms with Crippen LogP contribution in [0.2, 0.25) is 0 Å². The first-order chi connectivity index (χ1) is 7.43. The van der Waals surface area contributed by atoms with Crippen molar-refractivity contribution in [2.45, 2.75) is 0 Å². The van der Waals surface area contributed by atoms with Gasteiger partial charge in [0.25, 0.3) is 0 Å². The van der Waals surface area contributed by atoms with Crippen molar-refractivity contribution in [1.82, 2.24) is 0 Å². The Labute approximate surface area is 92.1 Å². The molecule has 3 rings (SSSR count). The summed E-state index contributed by atoms with van der Waals surface area (Å²) in [4.78, 5) is 0. The molecular formula is C14H10Si. The van der Waals surface area contributed by atoms with Gasteiger partial charge in [0.05, 0.1) is 0 Å². The molecule has 0 aromatic heterocycles. The second-order valence-corrected chi connectivity index (χ2v) is 4.96. The Morgan fingerprint density at radius 2 is 1.07 bits per heavy atom. The van der Waals surface area contributed by atoms with Crippen molar-refractivity contribution in [3.8, 4) is 0 Å². The van der Waals surface area contributed by atoms with Crippen LogP contribution >= 0.6 is 0 Å². The first-order valence-corrected chi connectivity index (χ1v) is 6.07. The number of hydrogen-bond acceptors (Lipinski definition) is 0. The molecule has 2 aromatic rings. The number of benzene rings is 2. The molecule has 0 spiro atoms. The molecule has 1 heteroatoms. The lowest BCUT2D eigenvalue weighted by molar-refractivity contribution is 1.72. The zero-order valence-electron chi connectivity index (χ0n) is 8.27. The highest BCUT2D eigenvalue weighted by molar-refractivity contribution is 6.69. The van der Waals surface area contributed by atoms with Gasteiger partial charge in [-0.2, -0.15) is 0 Å². The normalized spacial score (nSPS) is 12.8. The molecule has 0 nitrogen and oxygen atoms in total. The quantitative estimate of drug-likeness (QED) is 0.492. The highest BCUT2D eigenvalue weighted by Gasteiger charge is 2.08. The van der Waals surface area contributed by atoms with Gasteiger partial charge >= 0.3 is 0 Å². The van der Waals surface area contributed by atoms with Gasteiger partial charge in [0, 0.05) is 0 Å². The zero-order chi connectivity index (χ0) is 10.1. The lowest BCUT2D eigenvalue weighted by Crippen LogP contribution is -2.29. The van der Waals surface area contributed by atoms with Gasteiger partial charge in [-0.05, 0) is 11.1 Å². The van der Waals surface area contributed by atoms with Gasteiger partial charge in [0.1, 0.15) is 9.52 Å². The largest absolute Gasteiger partial charge is 0.123 e. The fourth-order valence-electron chi connectivity index (χ4n) is 1.84. The predicted molar refractivity (Wildman–Crippen MR) is 66.8 cm³/mol. The summed E-state index contributed by atoms with van der Waals surface area (Å²) in [5, 5.41) is 2.89. The van der Waals surface area contributed by atoms with E-state index in [1.165, 1.54) is 21.5 Å². The summed E-state index contributed by atoms with van der Waals surface area (Å²) < 4.78 is 0. The summed E-state index contributed by atoms with van der Waals surface area (Å²) in [6.07, 6.45) is 4.43. The van der Waals surface area contributed by atoms with Crippen LogP contribution in [0.5, 0.6) is 0 Å². The van der Waals surface area contributed by atoms with E-state index in [9.17, 15) is 0 Å². The molecule has 0 saturated carbocycles. The van der Waals surface area contributed by atoms with E-state index in [1.807, 2.05) is 0 Å². The molecule has 0 atom stereocenters. The maximum atomic E-state index is 2.22. The van der Waals surface area contributed by atoms with Gasteiger partial charge in [-0.25, -0.2) is 0 Å². The van der Waals surface area contributed by atoms with Gasteiger partial charge in [-0.15, -0.1) is 0 Å². The fourth-order valence-corrected chi connectivity index (χ4v) is 3.11. The molecule has 1 heterocycles. The van der Waals surface area contributed by atoms with Gasteiger partial charge in [0.2, 0.25) is 0 Å². The smallest absolute Gasteiger partial charge is 0.0625 e. The summed E-state index contributed by atoms with van der Waals surface area (Å²) in [6.45, 7) is 0. The van der Waals surface area contributed by atoms with Gasteiger partial charge in [0.15, 0.2) is 0 Å². The van der Waals surface area contributed by atoms with Gasteiger partial charge in [-0.1, -0.05) is 71.1 Å². The fraction of sp³-hybridized carbons (Fsp3) is 0. The Kier molecular flexibility index (Phi) is 2.04. The van der Waals surface area contributed by atoms with E-state index < -0.39 is 0 Å². The molecule has 2 radical (unpaired) electrons. The molecule has 0 N–H and O–H groups in total. The van der Waals surface area contributed by atoms with Crippen LogP contribution in [0, 0.1) is 0 Å². The Hall–Kier alpha value is -1.60. The summed E-state index contributed by atoms with van der Waals surface area (Å²) in [6, 6.07) is 17.3. The second-order valence-electron chi connectivity index (χ2n) is 3.63. The third-order valence-electron chi connectivity index (χ3n) is 2.63. The molecule has 2 aromatic carbocycles. The lowest BCUT2D eigenvalue weighted by atomic mass is 10.1. The van der Waals surface area contributed by atoms with Crippen LogP contribution in [0.4, 0.5) is 0 Å². The van der Waals surface area contributed by atoms with Crippen molar-refractivity contribution in [1.29, 1.82) is 0 Å². The molecule has 0 fully saturated rings. The first-order valence-electron chi connectivity index (χ1n) is 5.07. The Morgan fingerprint density at radius 3 is 1.60 bits per heavy atom. The predicted octanol–water partition coefficient (Wildman–Crippen LogP) is 1.83. The van der Waals surface area contributed by atoms with Crippen LogP contribution < -0.4 is 10.4 Å². The molecule has 0 unspecified atom stereocenters. The molecular weight excluding hydrogens is 196 g/mol. The molecule has 70 valence electrons. The third-order valence-corrected chi connectivity index (χ3v) is 4.08. The summed E-state index contributed by atoms with van der Waals surface area (Å²) >= 11 is 0. The second kappa shape index (κ2) is 3.52. The van der Waals surface area contributed by atoms with E-state index >= 15 is 0 Å². The van der Waals surface area contributed by atoms with Crippen molar-refractivity contribution >= 4 is 32.0 Å². The Morgan fingerprint density at radius 1 is 0.600 bits per heavy atom. The maximum Gasteiger partial charge on any atom is 0.123 e. The van der Waals surface area contributed by atoms with Crippen LogP contribution in [0.3, 0.4) is 0 Å². The van der Waals surface area contributed by atoms with E-state index in [1.54, 1.807) is 0 Å². The third kappa shape index (κ3) is 1.55. The lowest BCUT2D eigenvalue weighted by Gasteiger charge is -2.03. The monoisotopic (exact) mass is 206 g/mol. The van der Waals surface area contributed by atoms with E-state index in [-0.39, 0.29) is 0 Å². The van der Waals surface area contributed by atoms with Crippen LogP contribution in [-0.2, 0) is 0 Å². The van der Waals surface area contributed by atoms with Gasteiger partial charge in [-0.3, -0.25) is 0 Å². The molecule has 0 bridgehead atoms. The minimum Gasteiger partial charge on any atom is -0.0625 e. The summed E-state index contributed by atoms with van der Waals surface area (Å²) in [5.74, 6) is 0. The Bertz CT molecular complexity index is 479. The highest BCUT2D eigenvalue weighted by Crippen LogP contribution is 2.08. The average Bonchev–Trinajstić information content (AvgIpc) is 2.48. The topological polar surface area (TPSA) is 0 Å². The van der Waals surface area contributed by atoms with Crippen molar-refractivity contribution in [2.75, 3.05) is 0 Å². The van der Waals surface area contributed by atoms with Gasteiger partial charge < -0.3 is 0 Å². The zero-order valence-corrected chi connectivity index (χ0v) is 9.27. The number of hydrogen-bond donors (Lipinski definition) is 0. The van der Waals surface area contributed by atoms with Crippen LogP contribution in [0.1, 0.15) is 11.1 Å². The van der Waals surface area contributed by atoms with Crippen molar-refractivity contribution in [2.24, 2.45) is 0 Å². The maximum absolute atomic E-state index is 2.22. The van der Waals surface area contributed by atoms with E-state index in [0.29, 0.717) is 0 Å². The highest BCUT2D eigenvalue weighted by atomic mass is 28.2. The number of fused-ring (bicyclic) bond motifs is 2. The van der Waals surface area contributed by atoms with Crippen LogP contribution in [0.25, 0.3) is 12.2 Å². The molecule has 0 saturated heterocycles. The van der Waals surface area contributed by atoms with Crippen molar-refractivity contribution < 1.29 is 0 Å². The standard InChI is InChI=1S/C14H10Si/c1-3-7-13-11(5-1)9-10-12-6-2-4-8-14(12)15-13/h1-10H. The van der Waals surface area contributed by atoms with Crippen molar-refractivity contribution in [3.63, 3.8) is 0 Å². The number of rotatable bonds is 0. The SMILES string of the molecule is C1=Cc2ccccc2[Si]c2ccccc21. The average molecular weight is 206 g/mol. The van der Waals surface area contributed by atoms with Crippen LogP contribution in [0.15, 0.2) is 48.5 Å². The minimum absolute atomic E-state index is 0.774.